The summed E-state index contributed by atoms with van der Waals surface area (Å²) in [5.41, 5.74) is 1.84. The SMILES string of the molecule is CCn1c(NC(=O)[C@@H](C)OC)nc2ccc(Br)cc21. The van der Waals surface area contributed by atoms with Crippen molar-refractivity contribution in [2.75, 3.05) is 12.4 Å². The lowest BCUT2D eigenvalue weighted by Crippen LogP contribution is -2.28. The summed E-state index contributed by atoms with van der Waals surface area (Å²) in [6.45, 7) is 4.44. The van der Waals surface area contributed by atoms with Crippen molar-refractivity contribution in [2.24, 2.45) is 0 Å². The van der Waals surface area contributed by atoms with Gasteiger partial charge >= 0.3 is 0 Å². The summed E-state index contributed by atoms with van der Waals surface area (Å²) in [5.74, 6) is 0.344. The number of aromatic nitrogens is 2. The van der Waals surface area contributed by atoms with Crippen molar-refractivity contribution in [3.63, 3.8) is 0 Å². The summed E-state index contributed by atoms with van der Waals surface area (Å²) in [7, 11) is 1.50. The van der Waals surface area contributed by atoms with E-state index in [1.54, 1.807) is 6.92 Å². The van der Waals surface area contributed by atoms with Crippen LogP contribution in [0.2, 0.25) is 0 Å². The highest BCUT2D eigenvalue weighted by Crippen LogP contribution is 2.23. The van der Waals surface area contributed by atoms with Crippen LogP contribution in [0.3, 0.4) is 0 Å². The van der Waals surface area contributed by atoms with E-state index in [2.05, 4.69) is 26.2 Å². The first kappa shape index (κ1) is 14.0. The zero-order valence-electron chi connectivity index (χ0n) is 11.1. The van der Waals surface area contributed by atoms with Gasteiger partial charge < -0.3 is 9.30 Å². The number of carbonyl (C=O) groups excluding carboxylic acids is 1. The Bertz CT molecular complexity index is 609. The molecule has 0 unspecified atom stereocenters. The molecule has 2 rings (SSSR count). The van der Waals surface area contributed by atoms with Gasteiger partial charge in [-0.15, -0.1) is 0 Å². The fourth-order valence-electron chi connectivity index (χ4n) is 1.83. The van der Waals surface area contributed by atoms with E-state index in [1.807, 2.05) is 29.7 Å². The summed E-state index contributed by atoms with van der Waals surface area (Å²) >= 11 is 3.44. The van der Waals surface area contributed by atoms with Gasteiger partial charge in [0, 0.05) is 18.1 Å². The van der Waals surface area contributed by atoms with Gasteiger partial charge in [0.1, 0.15) is 6.10 Å². The zero-order valence-corrected chi connectivity index (χ0v) is 12.7. The molecular weight excluding hydrogens is 310 g/mol. The topological polar surface area (TPSA) is 56.2 Å². The molecule has 1 atom stereocenters. The van der Waals surface area contributed by atoms with E-state index in [0.29, 0.717) is 5.95 Å². The second-order valence-electron chi connectivity index (χ2n) is 4.18. The number of amides is 1. The standard InChI is InChI=1S/C13H16BrN3O2/c1-4-17-11-7-9(14)5-6-10(11)15-13(17)16-12(18)8(2)19-3/h5-8H,4H2,1-3H3,(H,15,16,18)/t8-/m1/s1. The van der Waals surface area contributed by atoms with Crippen molar-refractivity contribution in [1.82, 2.24) is 9.55 Å². The van der Waals surface area contributed by atoms with Gasteiger partial charge in [-0.25, -0.2) is 4.98 Å². The first-order valence-electron chi connectivity index (χ1n) is 6.06. The number of nitrogens with one attached hydrogen (secondary N) is 1. The van der Waals surface area contributed by atoms with Crippen LogP contribution in [0.25, 0.3) is 11.0 Å². The van der Waals surface area contributed by atoms with Crippen LogP contribution in [0.1, 0.15) is 13.8 Å². The molecule has 5 nitrogen and oxygen atoms in total. The van der Waals surface area contributed by atoms with Crippen LogP contribution in [-0.2, 0) is 16.1 Å². The smallest absolute Gasteiger partial charge is 0.255 e. The molecule has 1 N–H and O–H groups in total. The number of hydrogen-bond acceptors (Lipinski definition) is 3. The van der Waals surface area contributed by atoms with Crippen LogP contribution in [0.5, 0.6) is 0 Å². The van der Waals surface area contributed by atoms with Gasteiger partial charge in [-0.1, -0.05) is 15.9 Å². The number of nitrogens with zero attached hydrogens (tertiary/aromatic N) is 2. The number of hydrogen-bond donors (Lipinski definition) is 1. The Morgan fingerprint density at radius 1 is 1.58 bits per heavy atom. The summed E-state index contributed by atoms with van der Waals surface area (Å²) < 4.78 is 7.94. The number of anilines is 1. The number of imidazole rings is 1. The van der Waals surface area contributed by atoms with Gasteiger partial charge in [0.2, 0.25) is 5.95 Å². The second kappa shape index (κ2) is 5.71. The third-order valence-corrected chi connectivity index (χ3v) is 3.48. The number of halogens is 1. The summed E-state index contributed by atoms with van der Waals surface area (Å²) in [4.78, 5) is 16.3. The maximum Gasteiger partial charge on any atom is 0.255 e. The largest absolute Gasteiger partial charge is 0.372 e. The monoisotopic (exact) mass is 325 g/mol. The van der Waals surface area contributed by atoms with Gasteiger partial charge in [0.25, 0.3) is 5.91 Å². The lowest BCUT2D eigenvalue weighted by molar-refractivity contribution is -0.124. The molecular formula is C13H16BrN3O2. The van der Waals surface area contributed by atoms with Gasteiger partial charge in [-0.2, -0.15) is 0 Å². The molecule has 0 saturated heterocycles. The summed E-state index contributed by atoms with van der Waals surface area (Å²) in [6, 6.07) is 5.83. The average molecular weight is 326 g/mol. The van der Waals surface area contributed by atoms with Crippen molar-refractivity contribution in [3.05, 3.63) is 22.7 Å². The predicted octanol–water partition coefficient (Wildman–Crippen LogP) is 2.79. The highest BCUT2D eigenvalue weighted by Gasteiger charge is 2.16. The molecule has 0 aliphatic carbocycles. The maximum absolute atomic E-state index is 11.9. The van der Waals surface area contributed by atoms with Crippen LogP contribution < -0.4 is 5.32 Å². The van der Waals surface area contributed by atoms with E-state index in [4.69, 9.17) is 4.74 Å². The van der Waals surface area contributed by atoms with Crippen molar-refractivity contribution < 1.29 is 9.53 Å². The van der Waals surface area contributed by atoms with E-state index in [1.165, 1.54) is 7.11 Å². The van der Waals surface area contributed by atoms with Crippen LogP contribution in [0.15, 0.2) is 22.7 Å². The van der Waals surface area contributed by atoms with E-state index in [0.717, 1.165) is 22.1 Å². The van der Waals surface area contributed by atoms with E-state index in [9.17, 15) is 4.79 Å². The molecule has 0 radical (unpaired) electrons. The Morgan fingerprint density at radius 2 is 2.32 bits per heavy atom. The van der Waals surface area contributed by atoms with Crippen molar-refractivity contribution in [1.29, 1.82) is 0 Å². The molecule has 0 aliphatic rings. The third-order valence-electron chi connectivity index (χ3n) is 2.98. The molecule has 0 fully saturated rings. The molecule has 0 aliphatic heterocycles. The molecule has 2 aromatic rings. The quantitative estimate of drug-likeness (QED) is 0.940. The van der Waals surface area contributed by atoms with Gasteiger partial charge in [-0.05, 0) is 32.0 Å². The second-order valence-corrected chi connectivity index (χ2v) is 5.10. The average Bonchev–Trinajstić information content (AvgIpc) is 2.74. The molecule has 1 aromatic heterocycles. The minimum absolute atomic E-state index is 0.202. The Balaban J connectivity index is 2.40. The molecule has 0 spiro atoms. The highest BCUT2D eigenvalue weighted by atomic mass is 79.9. The van der Waals surface area contributed by atoms with Crippen molar-refractivity contribution in [3.8, 4) is 0 Å². The number of ether oxygens (including phenoxy) is 1. The third kappa shape index (κ3) is 2.79. The fraction of sp³-hybridized carbons (Fsp3) is 0.385. The molecule has 0 bridgehead atoms. The van der Waals surface area contributed by atoms with Crippen LogP contribution in [0, 0.1) is 0 Å². The Hall–Kier alpha value is -1.40. The number of carbonyl (C=O) groups is 1. The molecule has 0 saturated carbocycles. The maximum atomic E-state index is 11.9. The van der Waals surface area contributed by atoms with E-state index >= 15 is 0 Å². The van der Waals surface area contributed by atoms with Gasteiger partial charge in [-0.3, -0.25) is 10.1 Å². The molecule has 1 aromatic carbocycles. The number of rotatable bonds is 4. The minimum Gasteiger partial charge on any atom is -0.372 e. The predicted molar refractivity (Wildman–Crippen MR) is 78.2 cm³/mol. The Kier molecular flexibility index (Phi) is 4.21. The molecule has 102 valence electrons. The lowest BCUT2D eigenvalue weighted by Gasteiger charge is -2.11. The molecule has 19 heavy (non-hydrogen) atoms. The molecule has 1 amide bonds. The first-order chi connectivity index (χ1) is 9.06. The number of fused-ring (bicyclic) bond motifs is 1. The normalized spacial score (nSPS) is 12.6. The Morgan fingerprint density at radius 3 is 2.95 bits per heavy atom. The minimum atomic E-state index is -0.503. The molecule has 6 heteroatoms. The summed E-state index contributed by atoms with van der Waals surface area (Å²) in [6.07, 6.45) is -0.503. The van der Waals surface area contributed by atoms with Crippen molar-refractivity contribution in [2.45, 2.75) is 26.5 Å². The number of methoxy groups -OCH3 is 1. The van der Waals surface area contributed by atoms with Gasteiger partial charge in [0.05, 0.1) is 11.0 Å². The van der Waals surface area contributed by atoms with E-state index in [-0.39, 0.29) is 5.91 Å². The fourth-order valence-corrected chi connectivity index (χ4v) is 2.18. The first-order valence-corrected chi connectivity index (χ1v) is 6.85. The Labute approximate surface area is 120 Å². The van der Waals surface area contributed by atoms with Crippen molar-refractivity contribution >= 4 is 38.8 Å². The lowest BCUT2D eigenvalue weighted by atomic mass is 10.3. The van der Waals surface area contributed by atoms with Gasteiger partial charge in [0.15, 0.2) is 0 Å². The highest BCUT2D eigenvalue weighted by molar-refractivity contribution is 9.10. The number of benzene rings is 1. The zero-order chi connectivity index (χ0) is 14.0. The van der Waals surface area contributed by atoms with Crippen LogP contribution >= 0.6 is 15.9 Å². The van der Waals surface area contributed by atoms with Crippen LogP contribution in [-0.4, -0.2) is 28.7 Å². The summed E-state index contributed by atoms with van der Waals surface area (Å²) in [5, 5.41) is 2.79. The number of aryl methyl sites for hydroxylation is 1. The van der Waals surface area contributed by atoms with E-state index < -0.39 is 6.10 Å². The van der Waals surface area contributed by atoms with Crippen LogP contribution in [0.4, 0.5) is 5.95 Å². The molecule has 1 heterocycles.